The van der Waals surface area contributed by atoms with Crippen LogP contribution in [0.2, 0.25) is 0 Å². The molecule has 0 saturated carbocycles. The molecule has 0 N–H and O–H groups in total. The van der Waals surface area contributed by atoms with Gasteiger partial charge in [-0.05, 0) is 60.1 Å². The number of fused-ring (bicyclic) bond motifs is 1. The fraction of sp³-hybridized carbons (Fsp3) is 0.333. The number of ether oxygens (including phenoxy) is 2. The number of benzene rings is 1. The highest BCUT2D eigenvalue weighted by Gasteiger charge is 2.30. The van der Waals surface area contributed by atoms with E-state index in [0.29, 0.717) is 12.8 Å². The van der Waals surface area contributed by atoms with Crippen LogP contribution in [0, 0.1) is 0 Å². The van der Waals surface area contributed by atoms with E-state index in [9.17, 15) is 19.2 Å². The Hall–Kier alpha value is -1.77. The molecule has 1 aliphatic heterocycles. The molecule has 0 aliphatic carbocycles. The summed E-state index contributed by atoms with van der Waals surface area (Å²) < 4.78 is 9.67. The Labute approximate surface area is 140 Å². The fourth-order valence-corrected chi connectivity index (χ4v) is 2.38. The lowest BCUT2D eigenvalue weighted by molar-refractivity contribution is -0.109. The second-order valence-corrected chi connectivity index (χ2v) is 5.94. The van der Waals surface area contributed by atoms with Gasteiger partial charge in [-0.15, -0.1) is 0 Å². The van der Waals surface area contributed by atoms with Crippen molar-refractivity contribution in [1.82, 2.24) is 0 Å². The fourth-order valence-electron chi connectivity index (χ4n) is 2.00. The molecule has 116 valence electrons. The highest BCUT2D eigenvalue weighted by atomic mass is 127. The van der Waals surface area contributed by atoms with Gasteiger partial charge in [0.15, 0.2) is 3.79 Å². The van der Waals surface area contributed by atoms with E-state index in [2.05, 4.69) is 4.74 Å². The maximum absolute atomic E-state index is 11.9. The third kappa shape index (κ3) is 4.12. The number of hydrogen-bond donors (Lipinski definition) is 0. The van der Waals surface area contributed by atoms with Crippen LogP contribution in [0.5, 0.6) is 0 Å². The van der Waals surface area contributed by atoms with Gasteiger partial charge in [0.25, 0.3) is 0 Å². The quantitative estimate of drug-likeness (QED) is 0.223. The molecule has 0 saturated heterocycles. The van der Waals surface area contributed by atoms with Gasteiger partial charge >= 0.3 is 17.9 Å². The molecule has 1 aromatic rings. The number of carbonyl (C=O) groups excluding carboxylic acids is 4. The van der Waals surface area contributed by atoms with Crippen LogP contribution in [-0.4, -0.2) is 28.3 Å². The molecule has 1 aromatic carbocycles. The first-order valence-corrected chi connectivity index (χ1v) is 7.83. The minimum Gasteiger partial charge on any atom is -0.462 e. The number of rotatable bonds is 7. The Bertz CT molecular complexity index is 637. The highest BCUT2D eigenvalue weighted by Crippen LogP contribution is 2.21. The van der Waals surface area contributed by atoms with E-state index >= 15 is 0 Å². The van der Waals surface area contributed by atoms with E-state index in [1.165, 1.54) is 18.2 Å². The summed E-state index contributed by atoms with van der Waals surface area (Å²) in [6.07, 6.45) is 2.76. The Morgan fingerprint density at radius 3 is 2.50 bits per heavy atom. The molecular weight excluding hydrogens is 403 g/mol. The summed E-state index contributed by atoms with van der Waals surface area (Å²) in [6, 6.07) is 4.11. The largest absolute Gasteiger partial charge is 0.462 e. The van der Waals surface area contributed by atoms with Gasteiger partial charge in [-0.1, -0.05) is 0 Å². The molecule has 0 radical (unpaired) electrons. The standard InChI is InChI=1S/C15H13IO6/c16-12(17)4-2-1-3-7-21-13(18)9-5-6-10-11(8-9)15(20)22-14(10)19/h5-6,8H,1-4,7H2. The summed E-state index contributed by atoms with van der Waals surface area (Å²) in [6.45, 7) is 0.245. The minimum atomic E-state index is -0.752. The number of halogens is 1. The molecule has 0 bridgehead atoms. The molecule has 0 fully saturated rings. The normalized spacial score (nSPS) is 12.8. The van der Waals surface area contributed by atoms with Gasteiger partial charge in [-0.25, -0.2) is 14.4 Å². The molecule has 0 atom stereocenters. The van der Waals surface area contributed by atoms with Gasteiger partial charge in [0, 0.05) is 6.42 Å². The summed E-state index contributed by atoms with van der Waals surface area (Å²) in [5.74, 6) is -2.01. The van der Waals surface area contributed by atoms with Crippen LogP contribution in [0.4, 0.5) is 0 Å². The van der Waals surface area contributed by atoms with Gasteiger partial charge in [0.05, 0.1) is 23.3 Å². The Kier molecular flexibility index (Phi) is 5.64. The molecule has 2 rings (SSSR count). The molecule has 0 unspecified atom stereocenters. The molecule has 1 aliphatic rings. The van der Waals surface area contributed by atoms with Crippen molar-refractivity contribution < 1.29 is 28.7 Å². The third-order valence-corrected chi connectivity index (χ3v) is 3.67. The summed E-state index contributed by atoms with van der Waals surface area (Å²) in [5, 5.41) is 0. The average molecular weight is 416 g/mol. The maximum atomic E-state index is 11.9. The number of hydrogen-bond acceptors (Lipinski definition) is 6. The molecular formula is C15H13IO6. The Morgan fingerprint density at radius 1 is 1.05 bits per heavy atom. The van der Waals surface area contributed by atoms with E-state index in [4.69, 9.17) is 4.74 Å². The van der Waals surface area contributed by atoms with Crippen LogP contribution in [0.15, 0.2) is 18.2 Å². The average Bonchev–Trinajstić information content (AvgIpc) is 2.76. The lowest BCUT2D eigenvalue weighted by Crippen LogP contribution is -2.08. The number of carbonyl (C=O) groups is 4. The molecule has 0 aromatic heterocycles. The van der Waals surface area contributed by atoms with Gasteiger partial charge in [-0.2, -0.15) is 0 Å². The first-order valence-electron chi connectivity index (χ1n) is 6.75. The highest BCUT2D eigenvalue weighted by molar-refractivity contribution is 14.1. The van der Waals surface area contributed by atoms with Crippen molar-refractivity contribution in [3.05, 3.63) is 34.9 Å². The number of unbranched alkanes of at least 4 members (excludes halogenated alkanes) is 2. The minimum absolute atomic E-state index is 0.0833. The van der Waals surface area contributed by atoms with E-state index in [0.717, 1.165) is 12.8 Å². The number of esters is 3. The Balaban J connectivity index is 1.84. The van der Waals surface area contributed by atoms with Crippen molar-refractivity contribution in [2.45, 2.75) is 25.7 Å². The van der Waals surface area contributed by atoms with E-state index in [-0.39, 0.29) is 27.1 Å². The monoisotopic (exact) mass is 416 g/mol. The van der Waals surface area contributed by atoms with Crippen molar-refractivity contribution >= 4 is 44.3 Å². The summed E-state index contributed by atoms with van der Waals surface area (Å²) in [5.41, 5.74) is 0.442. The van der Waals surface area contributed by atoms with Crippen molar-refractivity contribution in [1.29, 1.82) is 0 Å². The lowest BCUT2D eigenvalue weighted by Gasteiger charge is -2.05. The van der Waals surface area contributed by atoms with Crippen LogP contribution in [-0.2, 0) is 14.3 Å². The van der Waals surface area contributed by atoms with Gasteiger partial charge < -0.3 is 9.47 Å². The van der Waals surface area contributed by atoms with Gasteiger partial charge in [-0.3, -0.25) is 4.79 Å². The SMILES string of the molecule is O=C(I)CCCCCOC(=O)c1ccc2c(c1)C(=O)OC2=O. The van der Waals surface area contributed by atoms with Crippen molar-refractivity contribution in [3.8, 4) is 0 Å². The van der Waals surface area contributed by atoms with Crippen LogP contribution in [0.25, 0.3) is 0 Å². The molecule has 0 amide bonds. The van der Waals surface area contributed by atoms with Crippen molar-refractivity contribution in [2.24, 2.45) is 0 Å². The van der Waals surface area contributed by atoms with E-state index < -0.39 is 17.9 Å². The first kappa shape index (κ1) is 16.6. The van der Waals surface area contributed by atoms with Crippen LogP contribution in [0.1, 0.15) is 56.8 Å². The third-order valence-electron chi connectivity index (χ3n) is 3.13. The maximum Gasteiger partial charge on any atom is 0.346 e. The zero-order chi connectivity index (χ0) is 16.1. The predicted octanol–water partition coefficient (Wildman–Crippen LogP) is 2.68. The van der Waals surface area contributed by atoms with Crippen molar-refractivity contribution in [3.63, 3.8) is 0 Å². The van der Waals surface area contributed by atoms with Crippen LogP contribution >= 0.6 is 22.6 Å². The molecule has 22 heavy (non-hydrogen) atoms. The van der Waals surface area contributed by atoms with Gasteiger partial charge in [0.2, 0.25) is 0 Å². The topological polar surface area (TPSA) is 86.7 Å². The smallest absolute Gasteiger partial charge is 0.346 e. The lowest BCUT2D eigenvalue weighted by atomic mass is 10.1. The molecule has 6 nitrogen and oxygen atoms in total. The zero-order valence-electron chi connectivity index (χ0n) is 11.6. The van der Waals surface area contributed by atoms with Crippen LogP contribution in [0.3, 0.4) is 0 Å². The zero-order valence-corrected chi connectivity index (χ0v) is 13.8. The second kappa shape index (κ2) is 7.48. The molecule has 1 heterocycles. The molecule has 0 spiro atoms. The summed E-state index contributed by atoms with van der Waals surface area (Å²) in [4.78, 5) is 45.3. The predicted molar refractivity (Wildman–Crippen MR) is 84.0 cm³/mol. The Morgan fingerprint density at radius 2 is 1.77 bits per heavy atom. The molecule has 7 heteroatoms. The first-order chi connectivity index (χ1) is 10.5. The van der Waals surface area contributed by atoms with Gasteiger partial charge in [0.1, 0.15) is 0 Å². The number of cyclic esters (lactones) is 2. The second-order valence-electron chi connectivity index (χ2n) is 4.74. The van der Waals surface area contributed by atoms with Crippen molar-refractivity contribution in [2.75, 3.05) is 6.61 Å². The summed E-state index contributed by atoms with van der Waals surface area (Å²) in [7, 11) is 0. The summed E-state index contributed by atoms with van der Waals surface area (Å²) >= 11 is 1.75. The van der Waals surface area contributed by atoms with Crippen LogP contribution < -0.4 is 0 Å². The van der Waals surface area contributed by atoms with E-state index in [1.807, 2.05) is 0 Å². The van der Waals surface area contributed by atoms with E-state index in [1.54, 1.807) is 22.6 Å².